The van der Waals surface area contributed by atoms with E-state index in [1.54, 1.807) is 0 Å². The van der Waals surface area contributed by atoms with Gasteiger partial charge in [-0.15, -0.1) is 5.10 Å². The van der Waals surface area contributed by atoms with Gasteiger partial charge >= 0.3 is 0 Å². The van der Waals surface area contributed by atoms with Crippen molar-refractivity contribution in [3.63, 3.8) is 0 Å². The smallest absolute Gasteiger partial charge is 0.254 e. The van der Waals surface area contributed by atoms with Crippen LogP contribution in [-0.4, -0.2) is 61.8 Å². The normalized spacial score (nSPS) is 17.6. The number of aromatic nitrogens is 4. The summed E-state index contributed by atoms with van der Waals surface area (Å²) in [5, 5.41) is 4.65. The molecule has 0 atom stereocenters. The van der Waals surface area contributed by atoms with Crippen LogP contribution < -0.4 is 4.74 Å². The van der Waals surface area contributed by atoms with E-state index in [-0.39, 0.29) is 0 Å². The lowest BCUT2D eigenvalue weighted by Crippen LogP contribution is -2.46. The van der Waals surface area contributed by atoms with Gasteiger partial charge in [-0.05, 0) is 49.3 Å². The van der Waals surface area contributed by atoms with Crippen molar-refractivity contribution in [2.75, 3.05) is 32.8 Å². The van der Waals surface area contributed by atoms with E-state index in [1.165, 1.54) is 11.1 Å². The highest BCUT2D eigenvalue weighted by molar-refractivity contribution is 7.71. The molecule has 0 bridgehead atoms. The lowest BCUT2D eigenvalue weighted by Gasteiger charge is -2.34. The Hall–Kier alpha value is -2.29. The van der Waals surface area contributed by atoms with Crippen molar-refractivity contribution >= 4 is 18.0 Å². The van der Waals surface area contributed by atoms with Crippen LogP contribution in [0.5, 0.6) is 5.75 Å². The Balaban J connectivity index is 1.22. The summed E-state index contributed by atoms with van der Waals surface area (Å²) in [7, 11) is 0. The highest BCUT2D eigenvalue weighted by Gasteiger charge is 2.20. The second-order valence-electron chi connectivity index (χ2n) is 8.03. The molecule has 0 amide bonds. The zero-order chi connectivity index (χ0) is 20.0. The first-order valence-electron chi connectivity index (χ1n) is 10.2. The Morgan fingerprint density at radius 2 is 1.86 bits per heavy atom. The molecule has 3 aromatic rings. The summed E-state index contributed by atoms with van der Waals surface area (Å²) in [5.41, 5.74) is 4.77. The maximum Gasteiger partial charge on any atom is 0.254 e. The Kier molecular flexibility index (Phi) is 4.85. The van der Waals surface area contributed by atoms with Gasteiger partial charge in [0.25, 0.3) is 5.78 Å². The average Bonchev–Trinajstić information content (AvgIpc) is 3.27. The minimum absolute atomic E-state index is 0.687. The lowest BCUT2D eigenvalue weighted by atomic mass is 10.1. The third-order valence-electron chi connectivity index (χ3n) is 5.83. The first-order chi connectivity index (χ1) is 14.1. The largest absolute Gasteiger partial charge is 0.493 e. The van der Waals surface area contributed by atoms with Crippen LogP contribution in [0.2, 0.25) is 0 Å². The summed E-state index contributed by atoms with van der Waals surface area (Å²) < 4.78 is 10.2. The molecule has 0 N–H and O–H groups in total. The number of hydrogen-bond acceptors (Lipinski definition) is 6. The van der Waals surface area contributed by atoms with Gasteiger partial charge in [0.15, 0.2) is 0 Å². The van der Waals surface area contributed by atoms with Crippen molar-refractivity contribution < 1.29 is 4.74 Å². The van der Waals surface area contributed by atoms with Gasteiger partial charge in [-0.1, -0.05) is 12.1 Å². The number of rotatable bonds is 4. The van der Waals surface area contributed by atoms with Gasteiger partial charge in [0, 0.05) is 50.5 Å². The van der Waals surface area contributed by atoms with Gasteiger partial charge < -0.3 is 4.74 Å². The van der Waals surface area contributed by atoms with Crippen molar-refractivity contribution in [2.24, 2.45) is 0 Å². The molecule has 5 rings (SSSR count). The molecule has 1 aromatic carbocycles. The van der Waals surface area contributed by atoms with Gasteiger partial charge in [0.1, 0.15) is 5.75 Å². The van der Waals surface area contributed by atoms with E-state index in [0.29, 0.717) is 17.2 Å². The quantitative estimate of drug-likeness (QED) is 0.617. The number of ether oxygens (including phenoxy) is 1. The van der Waals surface area contributed by atoms with Gasteiger partial charge in [0.05, 0.1) is 13.3 Å². The predicted octanol–water partition coefficient (Wildman–Crippen LogP) is 2.59. The molecule has 0 unspecified atom stereocenters. The molecule has 152 valence electrons. The molecule has 29 heavy (non-hydrogen) atoms. The van der Waals surface area contributed by atoms with E-state index in [1.807, 2.05) is 29.0 Å². The molecule has 0 spiro atoms. The van der Waals surface area contributed by atoms with Crippen LogP contribution >= 0.6 is 12.2 Å². The Morgan fingerprint density at radius 1 is 1.07 bits per heavy atom. The van der Waals surface area contributed by atoms with Crippen LogP contribution in [0.25, 0.3) is 5.78 Å². The molecule has 1 fully saturated rings. The summed E-state index contributed by atoms with van der Waals surface area (Å²) in [4.78, 5) is 9.46. The first kappa shape index (κ1) is 18.7. The van der Waals surface area contributed by atoms with Crippen molar-refractivity contribution in [1.29, 1.82) is 0 Å². The van der Waals surface area contributed by atoms with Crippen molar-refractivity contribution in [3.8, 4) is 5.75 Å². The molecule has 7 nitrogen and oxygen atoms in total. The minimum Gasteiger partial charge on any atom is -0.493 e. The van der Waals surface area contributed by atoms with Crippen molar-refractivity contribution in [3.05, 3.63) is 51.6 Å². The Labute approximate surface area is 175 Å². The van der Waals surface area contributed by atoms with E-state index in [4.69, 9.17) is 17.0 Å². The zero-order valence-corrected chi connectivity index (χ0v) is 17.8. The van der Waals surface area contributed by atoms with Crippen LogP contribution in [0.4, 0.5) is 0 Å². The fourth-order valence-corrected chi connectivity index (χ4v) is 4.63. The molecule has 2 aliphatic rings. The molecule has 0 radical (unpaired) electrons. The summed E-state index contributed by atoms with van der Waals surface area (Å²) >= 11 is 5.65. The SMILES string of the molecule is Cc1cc(C)n2c(=S)n(CN3CCN(Cc4ccc5c(c4)CCO5)CC3)nc2n1. The zero-order valence-electron chi connectivity index (χ0n) is 17.0. The predicted molar refractivity (Wildman–Crippen MR) is 114 cm³/mol. The summed E-state index contributed by atoms with van der Waals surface area (Å²) in [6, 6.07) is 8.67. The third-order valence-corrected chi connectivity index (χ3v) is 6.22. The van der Waals surface area contributed by atoms with E-state index in [2.05, 4.69) is 38.1 Å². The van der Waals surface area contributed by atoms with Crippen molar-refractivity contribution in [2.45, 2.75) is 33.5 Å². The minimum atomic E-state index is 0.687. The van der Waals surface area contributed by atoms with Gasteiger partial charge in [0.2, 0.25) is 4.77 Å². The number of piperazine rings is 1. The van der Waals surface area contributed by atoms with Crippen LogP contribution in [-0.2, 0) is 19.6 Å². The van der Waals surface area contributed by atoms with Gasteiger partial charge in [-0.2, -0.15) is 0 Å². The Morgan fingerprint density at radius 3 is 2.69 bits per heavy atom. The molecular formula is C21H26N6OS. The van der Waals surface area contributed by atoms with Crippen LogP contribution in [0.3, 0.4) is 0 Å². The highest BCUT2D eigenvalue weighted by atomic mass is 32.1. The molecule has 2 aromatic heterocycles. The maximum atomic E-state index is 5.65. The average molecular weight is 411 g/mol. The standard InChI is InChI=1S/C21H26N6OS/c1-15-11-16(2)27-20(22-15)23-26(21(27)29)14-25-8-6-24(7-9-25)13-17-3-4-19-18(12-17)5-10-28-19/h3-4,11-12H,5-10,13-14H2,1-2H3. The molecule has 0 aliphatic carbocycles. The number of benzene rings is 1. The van der Waals surface area contributed by atoms with E-state index in [0.717, 1.165) is 62.9 Å². The molecular weight excluding hydrogens is 384 g/mol. The van der Waals surface area contributed by atoms with Crippen LogP contribution in [0.15, 0.2) is 24.3 Å². The topological polar surface area (TPSA) is 50.8 Å². The number of nitrogens with zero attached hydrogens (tertiary/aromatic N) is 6. The number of aryl methyl sites for hydroxylation is 2. The maximum absolute atomic E-state index is 5.65. The molecule has 0 saturated carbocycles. The summed E-state index contributed by atoms with van der Waals surface area (Å²) in [6.07, 6.45) is 1.03. The van der Waals surface area contributed by atoms with Crippen LogP contribution in [0, 0.1) is 18.6 Å². The second-order valence-corrected chi connectivity index (χ2v) is 8.40. The first-order valence-corrected chi connectivity index (χ1v) is 10.6. The molecule has 4 heterocycles. The molecule has 2 aliphatic heterocycles. The van der Waals surface area contributed by atoms with Gasteiger partial charge in [-0.25, -0.2) is 9.67 Å². The van der Waals surface area contributed by atoms with Crippen molar-refractivity contribution in [1.82, 2.24) is 29.0 Å². The van der Waals surface area contributed by atoms with Crippen LogP contribution in [0.1, 0.15) is 22.5 Å². The van der Waals surface area contributed by atoms with E-state index < -0.39 is 0 Å². The van der Waals surface area contributed by atoms with E-state index >= 15 is 0 Å². The fraction of sp³-hybridized carbons (Fsp3) is 0.476. The summed E-state index contributed by atoms with van der Waals surface area (Å²) in [5.74, 6) is 1.74. The third kappa shape index (κ3) is 3.68. The second kappa shape index (κ2) is 7.51. The fourth-order valence-electron chi connectivity index (χ4n) is 4.30. The Bertz CT molecular complexity index is 1110. The molecule has 8 heteroatoms. The monoisotopic (exact) mass is 410 g/mol. The molecule has 1 saturated heterocycles. The van der Waals surface area contributed by atoms with E-state index in [9.17, 15) is 0 Å². The number of fused-ring (bicyclic) bond motifs is 2. The number of hydrogen-bond donors (Lipinski definition) is 0. The lowest BCUT2D eigenvalue weighted by molar-refractivity contribution is 0.0982. The van der Waals surface area contributed by atoms with Gasteiger partial charge in [-0.3, -0.25) is 14.2 Å². The highest BCUT2D eigenvalue weighted by Crippen LogP contribution is 2.26. The summed E-state index contributed by atoms with van der Waals surface area (Å²) in [6.45, 7) is 10.7.